The van der Waals surface area contributed by atoms with Crippen LogP contribution in [0.15, 0.2) is 0 Å². The molecule has 2 saturated heterocycles. The van der Waals surface area contributed by atoms with Crippen molar-refractivity contribution in [2.75, 3.05) is 78.8 Å². The van der Waals surface area contributed by atoms with Gasteiger partial charge in [-0.25, -0.2) is 0 Å². The molecule has 196 valence electrons. The van der Waals surface area contributed by atoms with Crippen molar-refractivity contribution in [2.24, 2.45) is 0 Å². The standard InChI is InChI=1S/2C11H20N2O4.Ca/c2*14-10(8-17-9-11(15)16)12-4-7-13-5-2-1-3-6-13;/h2*1-9H2,(H,12,14)(H,15,16);/q;;+2/p-2. The first kappa shape index (κ1) is 34.0. The zero-order valence-electron chi connectivity index (χ0n) is 20.6. The number of piperidine rings is 2. The van der Waals surface area contributed by atoms with E-state index in [2.05, 4.69) is 29.9 Å². The van der Waals surface area contributed by atoms with Gasteiger partial charge in [-0.2, -0.15) is 0 Å². The van der Waals surface area contributed by atoms with Gasteiger partial charge in [0.2, 0.25) is 11.8 Å². The zero-order valence-corrected chi connectivity index (χ0v) is 22.8. The number of hydrogen-bond donors (Lipinski definition) is 2. The van der Waals surface area contributed by atoms with Gasteiger partial charge in [0.05, 0.1) is 25.2 Å². The fourth-order valence-electron chi connectivity index (χ4n) is 3.63. The number of aliphatic carboxylic acids is 2. The van der Waals surface area contributed by atoms with E-state index in [1.165, 1.54) is 38.5 Å². The van der Waals surface area contributed by atoms with Crippen LogP contribution in [-0.4, -0.2) is 150 Å². The monoisotopic (exact) mass is 526 g/mol. The Bertz CT molecular complexity index is 562. The molecule has 0 atom stereocenters. The number of nitrogens with zero attached hydrogens (tertiary/aromatic N) is 2. The van der Waals surface area contributed by atoms with Gasteiger partial charge in [-0.1, -0.05) is 12.8 Å². The molecular weight excluding hydrogens is 488 g/mol. The number of carbonyl (C=O) groups excluding carboxylic acids is 4. The van der Waals surface area contributed by atoms with Crippen molar-refractivity contribution in [1.82, 2.24) is 20.4 Å². The molecule has 0 saturated carbocycles. The molecule has 35 heavy (non-hydrogen) atoms. The second kappa shape index (κ2) is 22.2. The van der Waals surface area contributed by atoms with Crippen molar-refractivity contribution >= 4 is 61.5 Å². The Kier molecular flexibility index (Phi) is 21.6. The van der Waals surface area contributed by atoms with Crippen molar-refractivity contribution in [2.45, 2.75) is 38.5 Å². The molecule has 2 fully saturated rings. The molecule has 0 aromatic carbocycles. The van der Waals surface area contributed by atoms with Crippen molar-refractivity contribution in [3.63, 3.8) is 0 Å². The van der Waals surface area contributed by atoms with Crippen molar-refractivity contribution in [3.8, 4) is 0 Å². The average molecular weight is 527 g/mol. The van der Waals surface area contributed by atoms with Gasteiger partial charge in [-0.05, 0) is 51.9 Å². The van der Waals surface area contributed by atoms with Crippen molar-refractivity contribution < 1.29 is 38.9 Å². The third-order valence-electron chi connectivity index (χ3n) is 5.30. The van der Waals surface area contributed by atoms with Crippen molar-refractivity contribution in [1.29, 1.82) is 0 Å². The molecule has 0 unspecified atom stereocenters. The SMILES string of the molecule is O=C([O-])COCC(=O)NCCN1CCCCC1.O=C([O-])COCC(=O)NCCN1CCCCC1.[Ca+2]. The summed E-state index contributed by atoms with van der Waals surface area (Å²) in [4.78, 5) is 47.1. The molecule has 2 aliphatic rings. The second-order valence-electron chi connectivity index (χ2n) is 8.23. The maximum absolute atomic E-state index is 11.2. The summed E-state index contributed by atoms with van der Waals surface area (Å²) in [6.45, 7) is 5.67. The number of carbonyl (C=O) groups is 4. The maximum atomic E-state index is 11.2. The number of carboxylic acids is 2. The largest absolute Gasteiger partial charge is 2.00 e. The molecular formula is C22H38CaN4O8. The van der Waals surface area contributed by atoms with Crippen LogP contribution in [0.25, 0.3) is 0 Å². The molecule has 13 heteroatoms. The van der Waals surface area contributed by atoms with Gasteiger partial charge < -0.3 is 49.7 Å². The molecule has 0 spiro atoms. The minimum atomic E-state index is -1.31. The quantitative estimate of drug-likeness (QED) is 0.216. The van der Waals surface area contributed by atoms with Crippen LogP contribution in [0, 0.1) is 0 Å². The second-order valence-corrected chi connectivity index (χ2v) is 8.23. The first-order valence-corrected chi connectivity index (χ1v) is 11.9. The fourth-order valence-corrected chi connectivity index (χ4v) is 3.63. The smallest absolute Gasteiger partial charge is 0.548 e. The Hall–Kier alpha value is -1.02. The third-order valence-corrected chi connectivity index (χ3v) is 5.30. The summed E-state index contributed by atoms with van der Waals surface area (Å²) in [5, 5.41) is 25.4. The molecule has 0 radical (unpaired) electrons. The van der Waals surface area contributed by atoms with Gasteiger partial charge >= 0.3 is 37.7 Å². The molecule has 12 nitrogen and oxygen atoms in total. The van der Waals surface area contributed by atoms with Crippen LogP contribution in [0.1, 0.15) is 38.5 Å². The Labute approximate surface area is 237 Å². The molecule has 0 aromatic rings. The number of rotatable bonds is 14. The molecule has 0 aromatic heterocycles. The van der Waals surface area contributed by atoms with Crippen LogP contribution in [0.2, 0.25) is 0 Å². The summed E-state index contributed by atoms with van der Waals surface area (Å²) in [6.07, 6.45) is 7.48. The van der Waals surface area contributed by atoms with Crippen LogP contribution >= 0.6 is 0 Å². The van der Waals surface area contributed by atoms with E-state index >= 15 is 0 Å². The van der Waals surface area contributed by atoms with Gasteiger partial charge in [-0.15, -0.1) is 0 Å². The van der Waals surface area contributed by atoms with Crippen LogP contribution in [0.3, 0.4) is 0 Å². The third kappa shape index (κ3) is 20.8. The van der Waals surface area contributed by atoms with Crippen LogP contribution in [0.5, 0.6) is 0 Å². The van der Waals surface area contributed by atoms with E-state index in [0.717, 1.165) is 39.3 Å². The number of nitrogens with one attached hydrogen (secondary N) is 2. The van der Waals surface area contributed by atoms with Crippen LogP contribution in [-0.2, 0) is 28.7 Å². The van der Waals surface area contributed by atoms with E-state index in [9.17, 15) is 29.4 Å². The van der Waals surface area contributed by atoms with E-state index < -0.39 is 25.2 Å². The van der Waals surface area contributed by atoms with Crippen LogP contribution in [0.4, 0.5) is 0 Å². The van der Waals surface area contributed by atoms with E-state index in [-0.39, 0.29) is 62.8 Å². The Morgan fingerprint density at radius 1 is 0.600 bits per heavy atom. The summed E-state index contributed by atoms with van der Waals surface area (Å²) in [5.74, 6) is -3.20. The van der Waals surface area contributed by atoms with Gasteiger partial charge in [0.15, 0.2) is 0 Å². The maximum Gasteiger partial charge on any atom is 2.00 e. The average Bonchev–Trinajstić information content (AvgIpc) is 2.80. The summed E-state index contributed by atoms with van der Waals surface area (Å²) in [7, 11) is 0. The Balaban J connectivity index is 0.000000642. The van der Waals surface area contributed by atoms with Crippen molar-refractivity contribution in [3.05, 3.63) is 0 Å². The first-order valence-electron chi connectivity index (χ1n) is 11.9. The summed E-state index contributed by atoms with van der Waals surface area (Å²) >= 11 is 0. The predicted octanol–water partition coefficient (Wildman–Crippen LogP) is -3.67. The number of amides is 2. The van der Waals surface area contributed by atoms with Gasteiger partial charge in [0, 0.05) is 26.2 Å². The van der Waals surface area contributed by atoms with E-state index in [1.54, 1.807) is 0 Å². The Morgan fingerprint density at radius 2 is 0.943 bits per heavy atom. The summed E-state index contributed by atoms with van der Waals surface area (Å²) in [5.41, 5.74) is 0. The van der Waals surface area contributed by atoms with Gasteiger partial charge in [0.25, 0.3) is 0 Å². The van der Waals surface area contributed by atoms with Gasteiger partial charge in [-0.3, -0.25) is 9.59 Å². The molecule has 0 bridgehead atoms. The molecule has 2 aliphatic heterocycles. The Morgan fingerprint density at radius 3 is 1.26 bits per heavy atom. The minimum Gasteiger partial charge on any atom is -0.548 e. The number of hydrogen-bond acceptors (Lipinski definition) is 10. The summed E-state index contributed by atoms with van der Waals surface area (Å²) < 4.78 is 9.22. The molecule has 2 amide bonds. The number of likely N-dealkylation sites (tertiary alicyclic amines) is 2. The van der Waals surface area contributed by atoms with E-state index in [1.807, 2.05) is 0 Å². The van der Waals surface area contributed by atoms with E-state index in [4.69, 9.17) is 0 Å². The van der Waals surface area contributed by atoms with E-state index in [0.29, 0.717) is 13.1 Å². The topological polar surface area (TPSA) is 163 Å². The number of carboxylic acid groups (broad SMARTS) is 2. The van der Waals surface area contributed by atoms with Gasteiger partial charge in [0.1, 0.15) is 13.2 Å². The van der Waals surface area contributed by atoms with Crippen LogP contribution < -0.4 is 20.8 Å². The molecule has 2 rings (SSSR count). The normalized spacial score (nSPS) is 16.2. The fraction of sp³-hybridized carbons (Fsp3) is 0.818. The molecule has 2 N–H and O–H groups in total. The molecule has 0 aliphatic carbocycles. The summed E-state index contributed by atoms with van der Waals surface area (Å²) in [6, 6.07) is 0. The molecule has 2 heterocycles. The minimum absolute atomic E-state index is 0. The predicted molar refractivity (Wildman–Crippen MR) is 124 cm³/mol. The number of ether oxygens (including phenoxy) is 2. The first-order chi connectivity index (χ1) is 16.4. The zero-order chi connectivity index (χ0) is 25.0.